The topological polar surface area (TPSA) is 32.6 Å². The molecule has 1 N–H and O–H groups in total. The molecular weight excluding hydrogens is 308 g/mol. The van der Waals surface area contributed by atoms with Gasteiger partial charge in [-0.1, -0.05) is 26.0 Å². The first-order valence-electron chi connectivity index (χ1n) is 9.27. The van der Waals surface area contributed by atoms with Crippen molar-refractivity contribution < 1.29 is 0 Å². The molecule has 3 heterocycles. The van der Waals surface area contributed by atoms with Crippen molar-refractivity contribution in [2.75, 3.05) is 25.0 Å². The van der Waals surface area contributed by atoms with Gasteiger partial charge < -0.3 is 9.72 Å². The summed E-state index contributed by atoms with van der Waals surface area (Å²) in [7, 11) is 0. The highest BCUT2D eigenvalue weighted by Crippen LogP contribution is 2.31. The van der Waals surface area contributed by atoms with Gasteiger partial charge in [0.25, 0.3) is 0 Å². The molecule has 0 fully saturated rings. The van der Waals surface area contributed by atoms with Gasteiger partial charge in [0.15, 0.2) is 0 Å². The Labute approximate surface area is 149 Å². The van der Waals surface area contributed by atoms with Gasteiger partial charge in [0.1, 0.15) is 5.65 Å². The van der Waals surface area contributed by atoms with Gasteiger partial charge in [0.2, 0.25) is 0 Å². The number of aromatic nitrogens is 2. The summed E-state index contributed by atoms with van der Waals surface area (Å²) in [6.07, 6.45) is 3.24. The first kappa shape index (κ1) is 16.2. The number of nitrogens with one attached hydrogen (secondary N) is 1. The predicted octanol–water partition coefficient (Wildman–Crippen LogP) is 4.12. The molecule has 4 nitrogen and oxygen atoms in total. The molecule has 25 heavy (non-hydrogen) atoms. The number of fused-ring (bicyclic) bond motifs is 2. The van der Waals surface area contributed by atoms with E-state index >= 15 is 0 Å². The van der Waals surface area contributed by atoms with Crippen LogP contribution >= 0.6 is 0 Å². The number of pyridine rings is 1. The van der Waals surface area contributed by atoms with E-state index in [1.54, 1.807) is 0 Å². The summed E-state index contributed by atoms with van der Waals surface area (Å²) in [5.41, 5.74) is 8.60. The average Bonchev–Trinajstić information content (AvgIpc) is 3.24. The van der Waals surface area contributed by atoms with Gasteiger partial charge in [-0.15, -0.1) is 0 Å². The largest absolute Gasteiger partial charge is 0.384 e. The lowest BCUT2D eigenvalue weighted by Crippen LogP contribution is -2.23. The minimum Gasteiger partial charge on any atom is -0.384 e. The standard InChI is InChI=1S/C21H26N4/c1-4-24(5-2)14-19-20(23-21-15(3)7-6-12-25(19)21)17-8-9-18-16(13-17)10-11-22-18/h6-9,12-13,22H,4-5,10-11,14H2,1-3H3. The Hall–Kier alpha value is -2.33. The number of anilines is 1. The van der Waals surface area contributed by atoms with Crippen LogP contribution in [0.1, 0.15) is 30.7 Å². The van der Waals surface area contributed by atoms with E-state index < -0.39 is 0 Å². The lowest BCUT2D eigenvalue weighted by molar-refractivity contribution is 0.292. The molecule has 1 aliphatic rings. The van der Waals surface area contributed by atoms with E-state index in [0.29, 0.717) is 0 Å². The molecule has 1 aliphatic heterocycles. The zero-order valence-electron chi connectivity index (χ0n) is 15.3. The molecule has 0 atom stereocenters. The fourth-order valence-corrected chi connectivity index (χ4v) is 3.75. The quantitative estimate of drug-likeness (QED) is 0.762. The van der Waals surface area contributed by atoms with Gasteiger partial charge in [0.05, 0.1) is 11.4 Å². The second-order valence-electron chi connectivity index (χ2n) is 6.80. The zero-order chi connectivity index (χ0) is 17.4. The maximum atomic E-state index is 5.05. The highest BCUT2D eigenvalue weighted by Gasteiger charge is 2.19. The molecule has 3 aromatic rings. The molecule has 130 valence electrons. The Bertz CT molecular complexity index is 906. The minimum absolute atomic E-state index is 0.919. The number of rotatable bonds is 5. The van der Waals surface area contributed by atoms with Crippen molar-refractivity contribution in [3.63, 3.8) is 0 Å². The second kappa shape index (κ2) is 6.52. The van der Waals surface area contributed by atoms with Crippen LogP contribution in [0.3, 0.4) is 0 Å². The van der Waals surface area contributed by atoms with Crippen molar-refractivity contribution >= 4 is 11.3 Å². The molecule has 4 rings (SSSR count). The third-order valence-corrected chi connectivity index (χ3v) is 5.30. The smallest absolute Gasteiger partial charge is 0.140 e. The lowest BCUT2D eigenvalue weighted by Gasteiger charge is -2.18. The molecule has 0 saturated carbocycles. The molecule has 0 saturated heterocycles. The Morgan fingerprint density at radius 1 is 1.20 bits per heavy atom. The van der Waals surface area contributed by atoms with Crippen LogP contribution in [0.25, 0.3) is 16.9 Å². The SMILES string of the molecule is CCN(CC)Cc1c(-c2ccc3c(c2)CCN3)nc2c(C)cccn12. The summed E-state index contributed by atoms with van der Waals surface area (Å²) >= 11 is 0. The lowest BCUT2D eigenvalue weighted by atomic mass is 10.0. The Morgan fingerprint density at radius 3 is 2.84 bits per heavy atom. The third-order valence-electron chi connectivity index (χ3n) is 5.30. The van der Waals surface area contributed by atoms with E-state index in [9.17, 15) is 0 Å². The van der Waals surface area contributed by atoms with Gasteiger partial charge in [-0.05, 0) is 55.8 Å². The van der Waals surface area contributed by atoms with Crippen LogP contribution in [0.5, 0.6) is 0 Å². The Balaban J connectivity index is 1.88. The first-order chi connectivity index (χ1) is 12.2. The maximum absolute atomic E-state index is 5.05. The summed E-state index contributed by atoms with van der Waals surface area (Å²) in [5.74, 6) is 0. The molecule has 4 heteroatoms. The molecule has 0 aliphatic carbocycles. The summed E-state index contributed by atoms with van der Waals surface area (Å²) in [6, 6.07) is 11.0. The van der Waals surface area contributed by atoms with E-state index in [2.05, 4.69) is 71.9 Å². The molecule has 2 aromatic heterocycles. The number of benzene rings is 1. The van der Waals surface area contributed by atoms with E-state index in [0.717, 1.165) is 43.9 Å². The van der Waals surface area contributed by atoms with E-state index in [1.807, 2.05) is 0 Å². The number of hydrogen-bond acceptors (Lipinski definition) is 3. The molecular formula is C21H26N4. The maximum Gasteiger partial charge on any atom is 0.140 e. The van der Waals surface area contributed by atoms with Crippen molar-refractivity contribution in [1.82, 2.24) is 14.3 Å². The van der Waals surface area contributed by atoms with Crippen LogP contribution in [0, 0.1) is 6.92 Å². The molecule has 0 bridgehead atoms. The molecule has 1 aromatic carbocycles. The van der Waals surface area contributed by atoms with E-state index in [4.69, 9.17) is 4.98 Å². The zero-order valence-corrected chi connectivity index (χ0v) is 15.3. The summed E-state index contributed by atoms with van der Waals surface area (Å²) in [6.45, 7) is 10.6. The van der Waals surface area contributed by atoms with Crippen molar-refractivity contribution in [2.45, 2.75) is 33.7 Å². The normalized spacial score (nSPS) is 13.4. The van der Waals surface area contributed by atoms with Crippen molar-refractivity contribution in [3.05, 3.63) is 53.3 Å². The van der Waals surface area contributed by atoms with E-state index in [1.165, 1.54) is 28.1 Å². The number of imidazole rings is 1. The average molecular weight is 334 g/mol. The van der Waals surface area contributed by atoms with Gasteiger partial charge in [-0.3, -0.25) is 4.90 Å². The van der Waals surface area contributed by atoms with Crippen LogP contribution in [-0.2, 0) is 13.0 Å². The van der Waals surface area contributed by atoms with E-state index in [-0.39, 0.29) is 0 Å². The van der Waals surface area contributed by atoms with Crippen LogP contribution in [-0.4, -0.2) is 33.9 Å². The highest BCUT2D eigenvalue weighted by molar-refractivity contribution is 5.72. The van der Waals surface area contributed by atoms with Crippen LogP contribution < -0.4 is 5.32 Å². The first-order valence-corrected chi connectivity index (χ1v) is 9.27. The Morgan fingerprint density at radius 2 is 2.04 bits per heavy atom. The van der Waals surface area contributed by atoms with Gasteiger partial charge in [-0.2, -0.15) is 0 Å². The highest BCUT2D eigenvalue weighted by atomic mass is 15.1. The molecule has 0 radical (unpaired) electrons. The number of aryl methyl sites for hydroxylation is 1. The summed E-state index contributed by atoms with van der Waals surface area (Å²) < 4.78 is 2.27. The van der Waals surface area contributed by atoms with Crippen LogP contribution in [0.4, 0.5) is 5.69 Å². The molecule has 0 spiro atoms. The van der Waals surface area contributed by atoms with Gasteiger partial charge in [0, 0.05) is 30.5 Å². The van der Waals surface area contributed by atoms with Crippen molar-refractivity contribution in [2.24, 2.45) is 0 Å². The summed E-state index contributed by atoms with van der Waals surface area (Å²) in [4.78, 5) is 7.49. The second-order valence-corrected chi connectivity index (χ2v) is 6.80. The predicted molar refractivity (Wildman–Crippen MR) is 104 cm³/mol. The molecule has 0 unspecified atom stereocenters. The van der Waals surface area contributed by atoms with Gasteiger partial charge >= 0.3 is 0 Å². The van der Waals surface area contributed by atoms with Crippen molar-refractivity contribution in [1.29, 1.82) is 0 Å². The van der Waals surface area contributed by atoms with Crippen molar-refractivity contribution in [3.8, 4) is 11.3 Å². The van der Waals surface area contributed by atoms with Crippen LogP contribution in [0.2, 0.25) is 0 Å². The minimum atomic E-state index is 0.919. The van der Waals surface area contributed by atoms with Gasteiger partial charge in [-0.25, -0.2) is 4.98 Å². The fraction of sp³-hybridized carbons (Fsp3) is 0.381. The Kier molecular flexibility index (Phi) is 4.22. The monoisotopic (exact) mass is 334 g/mol. The summed E-state index contributed by atoms with van der Waals surface area (Å²) in [5, 5.41) is 3.45. The fourth-order valence-electron chi connectivity index (χ4n) is 3.75. The molecule has 0 amide bonds. The number of nitrogens with zero attached hydrogens (tertiary/aromatic N) is 3. The number of hydrogen-bond donors (Lipinski definition) is 1. The third kappa shape index (κ3) is 2.81. The van der Waals surface area contributed by atoms with Crippen LogP contribution in [0.15, 0.2) is 36.5 Å².